The Bertz CT molecular complexity index is 203. The fraction of sp³-hybridized carbons (Fsp3) is 1.00. The van der Waals surface area contributed by atoms with Crippen LogP contribution in [0, 0.1) is 5.92 Å². The molecular weight excluding hydrogens is 220 g/mol. The van der Waals surface area contributed by atoms with Gasteiger partial charge in [0.1, 0.15) is 0 Å². The third kappa shape index (κ3) is 4.55. The first-order valence-electron chi connectivity index (χ1n) is 8.34. The lowest BCUT2D eigenvalue weighted by Gasteiger charge is -2.33. The highest BCUT2D eigenvalue weighted by molar-refractivity contribution is 4.79. The molecule has 0 amide bonds. The largest absolute Gasteiger partial charge is 0.330 e. The summed E-state index contributed by atoms with van der Waals surface area (Å²) < 4.78 is 0. The average Bonchev–Trinajstić information content (AvgIpc) is 2.74. The van der Waals surface area contributed by atoms with Crippen LogP contribution in [0.25, 0.3) is 0 Å². The van der Waals surface area contributed by atoms with E-state index in [2.05, 4.69) is 4.90 Å². The quantitative estimate of drug-likeness (QED) is 0.733. The van der Waals surface area contributed by atoms with Crippen molar-refractivity contribution in [1.29, 1.82) is 0 Å². The molecule has 0 heterocycles. The summed E-state index contributed by atoms with van der Waals surface area (Å²) in [5.74, 6) is 0.992. The van der Waals surface area contributed by atoms with Gasteiger partial charge in [-0.2, -0.15) is 0 Å². The van der Waals surface area contributed by atoms with E-state index in [0.29, 0.717) is 0 Å². The molecule has 0 atom stereocenters. The van der Waals surface area contributed by atoms with E-state index in [1.165, 1.54) is 83.7 Å². The maximum absolute atomic E-state index is 5.72. The first-order valence-corrected chi connectivity index (χ1v) is 8.34. The van der Waals surface area contributed by atoms with Gasteiger partial charge in [0.25, 0.3) is 0 Å². The highest BCUT2D eigenvalue weighted by Gasteiger charge is 2.24. The summed E-state index contributed by atoms with van der Waals surface area (Å²) in [4.78, 5) is 2.81. The molecule has 106 valence electrons. The molecule has 0 aliphatic heterocycles. The van der Waals surface area contributed by atoms with E-state index in [-0.39, 0.29) is 0 Å². The van der Waals surface area contributed by atoms with Crippen molar-refractivity contribution < 1.29 is 0 Å². The van der Waals surface area contributed by atoms with Crippen molar-refractivity contribution >= 4 is 0 Å². The summed E-state index contributed by atoms with van der Waals surface area (Å²) in [6.07, 6.45) is 15.8. The van der Waals surface area contributed by atoms with Crippen LogP contribution in [0.15, 0.2) is 0 Å². The molecule has 0 aromatic heterocycles. The van der Waals surface area contributed by atoms with Crippen molar-refractivity contribution in [3.8, 4) is 0 Å². The van der Waals surface area contributed by atoms with Gasteiger partial charge < -0.3 is 10.6 Å². The third-order valence-electron chi connectivity index (χ3n) is 4.96. The van der Waals surface area contributed by atoms with Gasteiger partial charge in [0, 0.05) is 12.6 Å². The molecule has 2 heteroatoms. The Morgan fingerprint density at radius 1 is 0.833 bits per heavy atom. The van der Waals surface area contributed by atoms with Crippen LogP contribution in [-0.4, -0.2) is 30.6 Å². The molecule has 2 saturated carbocycles. The molecule has 0 bridgehead atoms. The Kier molecular flexibility index (Phi) is 6.50. The van der Waals surface area contributed by atoms with Crippen molar-refractivity contribution in [2.75, 3.05) is 19.6 Å². The second-order valence-corrected chi connectivity index (χ2v) is 6.43. The summed E-state index contributed by atoms with van der Waals surface area (Å²) in [5.41, 5.74) is 5.72. The van der Waals surface area contributed by atoms with E-state index in [1.54, 1.807) is 0 Å². The van der Waals surface area contributed by atoms with Crippen molar-refractivity contribution in [2.45, 2.75) is 76.7 Å². The average molecular weight is 252 g/mol. The van der Waals surface area contributed by atoms with Crippen LogP contribution in [-0.2, 0) is 0 Å². The Morgan fingerprint density at radius 2 is 1.44 bits per heavy atom. The smallest absolute Gasteiger partial charge is 0.00953 e. The van der Waals surface area contributed by atoms with Gasteiger partial charge in [-0.1, -0.05) is 38.5 Å². The van der Waals surface area contributed by atoms with Crippen LogP contribution < -0.4 is 5.73 Å². The van der Waals surface area contributed by atoms with E-state index in [1.807, 2.05) is 0 Å². The lowest BCUT2D eigenvalue weighted by Crippen LogP contribution is -2.39. The highest BCUT2D eigenvalue weighted by atomic mass is 15.2. The van der Waals surface area contributed by atoms with E-state index >= 15 is 0 Å². The summed E-state index contributed by atoms with van der Waals surface area (Å²) >= 11 is 0. The van der Waals surface area contributed by atoms with E-state index < -0.39 is 0 Å². The zero-order valence-electron chi connectivity index (χ0n) is 12.1. The van der Waals surface area contributed by atoms with Gasteiger partial charge in [0.2, 0.25) is 0 Å². The van der Waals surface area contributed by atoms with Crippen molar-refractivity contribution in [2.24, 2.45) is 11.7 Å². The minimum absolute atomic E-state index is 0.855. The van der Waals surface area contributed by atoms with E-state index in [4.69, 9.17) is 5.73 Å². The first kappa shape index (κ1) is 14.3. The molecule has 2 nitrogen and oxygen atoms in total. The summed E-state index contributed by atoms with van der Waals surface area (Å²) in [6, 6.07) is 0.875. The molecule has 0 unspecified atom stereocenters. The van der Waals surface area contributed by atoms with Gasteiger partial charge in [0.15, 0.2) is 0 Å². The maximum Gasteiger partial charge on any atom is 0.00953 e. The van der Waals surface area contributed by atoms with Crippen LogP contribution in [0.1, 0.15) is 70.6 Å². The fourth-order valence-corrected chi connectivity index (χ4v) is 3.86. The van der Waals surface area contributed by atoms with Crippen molar-refractivity contribution in [1.82, 2.24) is 4.90 Å². The topological polar surface area (TPSA) is 29.3 Å². The van der Waals surface area contributed by atoms with Gasteiger partial charge >= 0.3 is 0 Å². The summed E-state index contributed by atoms with van der Waals surface area (Å²) in [7, 11) is 0. The molecule has 0 radical (unpaired) electrons. The van der Waals surface area contributed by atoms with E-state index in [9.17, 15) is 0 Å². The Hall–Kier alpha value is -0.0800. The van der Waals surface area contributed by atoms with E-state index in [0.717, 1.165) is 18.5 Å². The normalized spacial score (nSPS) is 23.7. The molecule has 2 fully saturated rings. The first-order chi connectivity index (χ1) is 8.90. The molecule has 0 aromatic carbocycles. The second-order valence-electron chi connectivity index (χ2n) is 6.43. The SMILES string of the molecule is NCCCN(CC1CCCC1)C1CCCCCC1. The van der Waals surface area contributed by atoms with Gasteiger partial charge in [-0.3, -0.25) is 0 Å². The number of nitrogens with two attached hydrogens (primary N) is 1. The van der Waals surface area contributed by atoms with Crippen LogP contribution >= 0.6 is 0 Å². The minimum Gasteiger partial charge on any atom is -0.330 e. The van der Waals surface area contributed by atoms with Gasteiger partial charge in [-0.25, -0.2) is 0 Å². The van der Waals surface area contributed by atoms with Gasteiger partial charge in [-0.15, -0.1) is 0 Å². The molecule has 2 N–H and O–H groups in total. The van der Waals surface area contributed by atoms with Crippen molar-refractivity contribution in [3.63, 3.8) is 0 Å². The lowest BCUT2D eigenvalue weighted by atomic mass is 10.0. The summed E-state index contributed by atoms with van der Waals surface area (Å²) in [6.45, 7) is 3.47. The highest BCUT2D eigenvalue weighted by Crippen LogP contribution is 2.28. The van der Waals surface area contributed by atoms with Gasteiger partial charge in [-0.05, 0) is 51.1 Å². The third-order valence-corrected chi connectivity index (χ3v) is 4.96. The number of hydrogen-bond donors (Lipinski definition) is 1. The predicted octanol–water partition coefficient (Wildman–Crippen LogP) is 3.55. The zero-order chi connectivity index (χ0) is 12.6. The number of nitrogens with zero attached hydrogens (tertiary/aromatic N) is 1. The molecule has 18 heavy (non-hydrogen) atoms. The van der Waals surface area contributed by atoms with Gasteiger partial charge in [0.05, 0.1) is 0 Å². The standard InChI is InChI=1S/C16H32N2/c17-12-7-13-18(14-15-8-5-6-9-15)16-10-3-1-2-4-11-16/h15-16H,1-14,17H2. The van der Waals surface area contributed by atoms with Crippen LogP contribution in [0.4, 0.5) is 0 Å². The molecule has 2 aliphatic rings. The molecular formula is C16H32N2. The van der Waals surface area contributed by atoms with Crippen LogP contribution in [0.3, 0.4) is 0 Å². The minimum atomic E-state index is 0.855. The molecule has 2 aliphatic carbocycles. The monoisotopic (exact) mass is 252 g/mol. The second kappa shape index (κ2) is 8.16. The number of rotatable bonds is 6. The molecule has 0 aromatic rings. The fourth-order valence-electron chi connectivity index (χ4n) is 3.86. The Morgan fingerprint density at radius 3 is 2.06 bits per heavy atom. The predicted molar refractivity (Wildman–Crippen MR) is 78.7 cm³/mol. The van der Waals surface area contributed by atoms with Crippen LogP contribution in [0.5, 0.6) is 0 Å². The Labute approximate surface area is 113 Å². The molecule has 0 spiro atoms. The Balaban J connectivity index is 1.84. The molecule has 0 saturated heterocycles. The summed E-state index contributed by atoms with van der Waals surface area (Å²) in [5, 5.41) is 0. The lowest BCUT2D eigenvalue weighted by molar-refractivity contribution is 0.151. The van der Waals surface area contributed by atoms with Crippen molar-refractivity contribution in [3.05, 3.63) is 0 Å². The molecule has 2 rings (SSSR count). The number of hydrogen-bond acceptors (Lipinski definition) is 2. The zero-order valence-corrected chi connectivity index (χ0v) is 12.1. The maximum atomic E-state index is 5.72. The van der Waals surface area contributed by atoms with Crippen LogP contribution in [0.2, 0.25) is 0 Å².